The van der Waals surface area contributed by atoms with Crippen molar-refractivity contribution in [2.24, 2.45) is 5.73 Å². The lowest BCUT2D eigenvalue weighted by molar-refractivity contribution is 0.0134. The van der Waals surface area contributed by atoms with Gasteiger partial charge in [-0.1, -0.05) is 15.9 Å². The van der Waals surface area contributed by atoms with Gasteiger partial charge in [-0.15, -0.1) is 0 Å². The fraction of sp³-hybridized carbons (Fsp3) is 0.500. The Kier molecular flexibility index (Phi) is 5.29. The third-order valence-corrected chi connectivity index (χ3v) is 4.21. The van der Waals surface area contributed by atoms with E-state index in [0.717, 1.165) is 12.1 Å². The largest absolute Gasteiger partial charge is 0.381 e. The number of benzene rings is 1. The average molecular weight is 363 g/mol. The first-order valence-electron chi connectivity index (χ1n) is 6.66. The Hall–Kier alpha value is -1.05. The van der Waals surface area contributed by atoms with Gasteiger partial charge in [-0.25, -0.2) is 8.78 Å². The SMILES string of the molecule is COC1CCN(C(=O)c2c(F)cc(Br)cc2F)C(CN)C1. The normalized spacial score (nSPS) is 22.4. The minimum Gasteiger partial charge on any atom is -0.381 e. The third-order valence-electron chi connectivity index (χ3n) is 3.75. The van der Waals surface area contributed by atoms with E-state index in [2.05, 4.69) is 15.9 Å². The zero-order valence-electron chi connectivity index (χ0n) is 11.6. The molecule has 0 aliphatic carbocycles. The summed E-state index contributed by atoms with van der Waals surface area (Å²) in [6.45, 7) is 0.597. The molecule has 7 heteroatoms. The van der Waals surface area contributed by atoms with Crippen LogP contribution >= 0.6 is 15.9 Å². The number of halogens is 3. The molecule has 0 saturated carbocycles. The Labute approximate surface area is 130 Å². The number of rotatable bonds is 3. The highest BCUT2D eigenvalue weighted by atomic mass is 79.9. The molecule has 2 N–H and O–H groups in total. The number of likely N-dealkylation sites (tertiary alicyclic amines) is 1. The Morgan fingerprint density at radius 1 is 1.48 bits per heavy atom. The predicted molar refractivity (Wildman–Crippen MR) is 78.0 cm³/mol. The molecule has 2 atom stereocenters. The second kappa shape index (κ2) is 6.81. The van der Waals surface area contributed by atoms with E-state index in [4.69, 9.17) is 10.5 Å². The van der Waals surface area contributed by atoms with Gasteiger partial charge in [-0.05, 0) is 25.0 Å². The number of carbonyl (C=O) groups excluding carboxylic acids is 1. The number of nitrogens with two attached hydrogens (primary N) is 1. The van der Waals surface area contributed by atoms with Crippen LogP contribution in [0.3, 0.4) is 0 Å². The van der Waals surface area contributed by atoms with Crippen molar-refractivity contribution in [3.8, 4) is 0 Å². The van der Waals surface area contributed by atoms with E-state index in [1.54, 1.807) is 7.11 Å². The van der Waals surface area contributed by atoms with Crippen molar-refractivity contribution in [1.82, 2.24) is 4.90 Å². The lowest BCUT2D eigenvalue weighted by Crippen LogP contribution is -2.51. The quantitative estimate of drug-likeness (QED) is 0.897. The highest BCUT2D eigenvalue weighted by Crippen LogP contribution is 2.25. The van der Waals surface area contributed by atoms with Gasteiger partial charge in [0, 0.05) is 30.7 Å². The van der Waals surface area contributed by atoms with Crippen LogP contribution in [0.5, 0.6) is 0 Å². The van der Waals surface area contributed by atoms with E-state index in [-0.39, 0.29) is 23.2 Å². The van der Waals surface area contributed by atoms with Crippen LogP contribution in [0.4, 0.5) is 8.78 Å². The Bertz CT molecular complexity index is 519. The highest BCUT2D eigenvalue weighted by Gasteiger charge is 2.33. The van der Waals surface area contributed by atoms with Gasteiger partial charge in [0.1, 0.15) is 17.2 Å². The molecule has 1 aliphatic rings. The fourth-order valence-corrected chi connectivity index (χ4v) is 3.01. The Morgan fingerprint density at radius 2 is 2.10 bits per heavy atom. The van der Waals surface area contributed by atoms with Crippen molar-refractivity contribution in [2.45, 2.75) is 25.0 Å². The maximum absolute atomic E-state index is 13.9. The molecule has 1 aromatic carbocycles. The smallest absolute Gasteiger partial charge is 0.260 e. The van der Waals surface area contributed by atoms with Crippen molar-refractivity contribution in [2.75, 3.05) is 20.2 Å². The average Bonchev–Trinajstić information content (AvgIpc) is 2.45. The summed E-state index contributed by atoms with van der Waals surface area (Å²) in [5, 5.41) is 0. The number of methoxy groups -OCH3 is 1. The molecule has 0 bridgehead atoms. The molecule has 1 fully saturated rings. The van der Waals surface area contributed by atoms with Crippen LogP contribution in [0.15, 0.2) is 16.6 Å². The minimum atomic E-state index is -0.878. The maximum Gasteiger partial charge on any atom is 0.260 e. The molecule has 21 heavy (non-hydrogen) atoms. The Morgan fingerprint density at radius 3 is 2.62 bits per heavy atom. The molecular weight excluding hydrogens is 346 g/mol. The summed E-state index contributed by atoms with van der Waals surface area (Å²) in [5.74, 6) is -2.42. The van der Waals surface area contributed by atoms with Gasteiger partial charge < -0.3 is 15.4 Å². The van der Waals surface area contributed by atoms with Gasteiger partial charge in [0.05, 0.1) is 6.10 Å². The molecule has 0 radical (unpaired) electrons. The monoisotopic (exact) mass is 362 g/mol. The van der Waals surface area contributed by atoms with Gasteiger partial charge in [-0.3, -0.25) is 4.79 Å². The first kappa shape index (κ1) is 16.3. The molecule has 1 heterocycles. The summed E-state index contributed by atoms with van der Waals surface area (Å²) >= 11 is 2.99. The summed E-state index contributed by atoms with van der Waals surface area (Å²) in [4.78, 5) is 13.9. The molecule has 1 aliphatic heterocycles. The molecule has 116 valence electrons. The summed E-state index contributed by atoms with van der Waals surface area (Å²) in [6.07, 6.45) is 1.21. The van der Waals surface area contributed by atoms with E-state index in [1.165, 1.54) is 4.90 Å². The Balaban J connectivity index is 2.27. The zero-order valence-corrected chi connectivity index (χ0v) is 13.2. The lowest BCUT2D eigenvalue weighted by Gasteiger charge is -2.38. The predicted octanol–water partition coefficient (Wildman–Crippen LogP) is 2.31. The number of piperidine rings is 1. The minimum absolute atomic E-state index is 0.0159. The van der Waals surface area contributed by atoms with Crippen LogP contribution in [0.1, 0.15) is 23.2 Å². The topological polar surface area (TPSA) is 55.6 Å². The van der Waals surface area contributed by atoms with Crippen LogP contribution < -0.4 is 5.73 Å². The van der Waals surface area contributed by atoms with Gasteiger partial charge in [-0.2, -0.15) is 0 Å². The number of nitrogens with zero attached hydrogens (tertiary/aromatic N) is 1. The number of amides is 1. The van der Waals surface area contributed by atoms with E-state index in [9.17, 15) is 13.6 Å². The third kappa shape index (κ3) is 3.41. The fourth-order valence-electron chi connectivity index (χ4n) is 2.61. The first-order chi connectivity index (χ1) is 9.97. The van der Waals surface area contributed by atoms with E-state index >= 15 is 0 Å². The zero-order chi connectivity index (χ0) is 15.6. The van der Waals surface area contributed by atoms with Crippen molar-refractivity contribution >= 4 is 21.8 Å². The molecule has 4 nitrogen and oxygen atoms in total. The molecule has 0 spiro atoms. The summed E-state index contributed by atoms with van der Waals surface area (Å²) in [6, 6.07) is 1.88. The number of hydrogen-bond donors (Lipinski definition) is 1. The van der Waals surface area contributed by atoms with Gasteiger partial charge >= 0.3 is 0 Å². The van der Waals surface area contributed by atoms with Gasteiger partial charge in [0.25, 0.3) is 5.91 Å². The van der Waals surface area contributed by atoms with Crippen LogP contribution in [-0.2, 0) is 4.74 Å². The molecule has 1 amide bonds. The highest BCUT2D eigenvalue weighted by molar-refractivity contribution is 9.10. The lowest BCUT2D eigenvalue weighted by atomic mass is 9.98. The second-order valence-corrected chi connectivity index (χ2v) is 5.93. The molecule has 1 aromatic rings. The van der Waals surface area contributed by atoms with Crippen LogP contribution in [0.25, 0.3) is 0 Å². The maximum atomic E-state index is 13.9. The molecule has 0 aromatic heterocycles. The standard InChI is InChI=1S/C14H17BrF2N2O2/c1-21-10-2-3-19(9(6-10)7-18)14(20)13-11(16)4-8(15)5-12(13)17/h4-5,9-10H,2-3,6-7,18H2,1H3. The van der Waals surface area contributed by atoms with Gasteiger partial charge in [0.2, 0.25) is 0 Å². The molecule has 1 saturated heterocycles. The summed E-state index contributed by atoms with van der Waals surface area (Å²) in [5.41, 5.74) is 5.15. The van der Waals surface area contributed by atoms with Crippen molar-refractivity contribution in [1.29, 1.82) is 0 Å². The van der Waals surface area contributed by atoms with Gasteiger partial charge in [0.15, 0.2) is 0 Å². The first-order valence-corrected chi connectivity index (χ1v) is 7.45. The molecular formula is C14H17BrF2N2O2. The van der Waals surface area contributed by atoms with E-state index in [1.807, 2.05) is 0 Å². The van der Waals surface area contributed by atoms with E-state index in [0.29, 0.717) is 19.4 Å². The van der Waals surface area contributed by atoms with Crippen LogP contribution in [0.2, 0.25) is 0 Å². The summed E-state index contributed by atoms with van der Waals surface area (Å²) < 4.78 is 33.4. The second-order valence-electron chi connectivity index (χ2n) is 5.01. The number of hydrogen-bond acceptors (Lipinski definition) is 3. The van der Waals surface area contributed by atoms with Crippen molar-refractivity contribution < 1.29 is 18.3 Å². The van der Waals surface area contributed by atoms with Crippen molar-refractivity contribution in [3.63, 3.8) is 0 Å². The molecule has 2 unspecified atom stereocenters. The van der Waals surface area contributed by atoms with Crippen LogP contribution in [0, 0.1) is 11.6 Å². The summed E-state index contributed by atoms with van der Waals surface area (Å²) in [7, 11) is 1.60. The molecule has 2 rings (SSSR count). The van der Waals surface area contributed by atoms with Crippen molar-refractivity contribution in [3.05, 3.63) is 33.8 Å². The van der Waals surface area contributed by atoms with E-state index < -0.39 is 23.1 Å². The number of ether oxygens (including phenoxy) is 1. The number of carbonyl (C=O) groups is 1. The van der Waals surface area contributed by atoms with Crippen LogP contribution in [-0.4, -0.2) is 43.2 Å².